The number of hydrogen-bond acceptors (Lipinski definition) is 4. The Hall–Kier alpha value is -2.57. The van der Waals surface area contributed by atoms with E-state index in [1.807, 2.05) is 42.2 Å². The van der Waals surface area contributed by atoms with Crippen LogP contribution in [0.3, 0.4) is 0 Å². The number of methoxy groups -OCH3 is 1. The van der Waals surface area contributed by atoms with Crippen LogP contribution in [0, 0.1) is 0 Å². The molecule has 2 N–H and O–H groups in total. The number of carbonyl (C=O) groups excluding carboxylic acids is 2. The van der Waals surface area contributed by atoms with Crippen LogP contribution in [0.25, 0.3) is 0 Å². The normalized spacial score (nSPS) is 10.6. The molecule has 150 valence electrons. The molecule has 0 bridgehead atoms. The summed E-state index contributed by atoms with van der Waals surface area (Å²) in [5.74, 6) is 0.260. The zero-order valence-electron chi connectivity index (χ0n) is 16.2. The van der Waals surface area contributed by atoms with E-state index in [9.17, 15) is 9.59 Å². The molecular formula is C21H26ClN3O3. The van der Waals surface area contributed by atoms with Crippen molar-refractivity contribution in [3.63, 3.8) is 0 Å². The maximum Gasteiger partial charge on any atom is 0.238 e. The minimum Gasteiger partial charge on any atom is -0.495 e. The quantitative estimate of drug-likeness (QED) is 0.638. The molecule has 7 heteroatoms. The van der Waals surface area contributed by atoms with Gasteiger partial charge in [-0.25, -0.2) is 0 Å². The first-order chi connectivity index (χ1) is 13.5. The van der Waals surface area contributed by atoms with Gasteiger partial charge in [0, 0.05) is 11.6 Å². The van der Waals surface area contributed by atoms with Crippen molar-refractivity contribution in [2.75, 3.05) is 32.1 Å². The van der Waals surface area contributed by atoms with Crippen LogP contribution in [0.1, 0.15) is 18.9 Å². The van der Waals surface area contributed by atoms with E-state index in [0.29, 0.717) is 29.5 Å². The van der Waals surface area contributed by atoms with Crippen molar-refractivity contribution in [2.45, 2.75) is 19.9 Å². The fourth-order valence-electron chi connectivity index (χ4n) is 2.78. The fraction of sp³-hybridized carbons (Fsp3) is 0.333. The molecule has 2 aromatic carbocycles. The van der Waals surface area contributed by atoms with Crippen molar-refractivity contribution in [3.8, 4) is 5.75 Å². The van der Waals surface area contributed by atoms with Gasteiger partial charge >= 0.3 is 0 Å². The third-order valence-electron chi connectivity index (χ3n) is 4.03. The van der Waals surface area contributed by atoms with Crippen molar-refractivity contribution >= 4 is 29.1 Å². The Morgan fingerprint density at radius 3 is 2.54 bits per heavy atom. The van der Waals surface area contributed by atoms with E-state index in [0.717, 1.165) is 12.0 Å². The number of halogens is 1. The predicted molar refractivity (Wildman–Crippen MR) is 112 cm³/mol. The summed E-state index contributed by atoms with van der Waals surface area (Å²) in [6.07, 6.45) is 0.837. The van der Waals surface area contributed by atoms with E-state index >= 15 is 0 Å². The van der Waals surface area contributed by atoms with Gasteiger partial charge in [0.1, 0.15) is 5.75 Å². The first-order valence-electron chi connectivity index (χ1n) is 9.18. The first-order valence-corrected chi connectivity index (χ1v) is 9.56. The Bertz CT molecular complexity index is 798. The lowest BCUT2D eigenvalue weighted by Crippen LogP contribution is -2.41. The van der Waals surface area contributed by atoms with Crippen LogP contribution < -0.4 is 15.4 Å². The molecule has 0 heterocycles. The smallest absolute Gasteiger partial charge is 0.238 e. The van der Waals surface area contributed by atoms with Gasteiger partial charge in [-0.2, -0.15) is 0 Å². The molecule has 2 rings (SSSR count). The van der Waals surface area contributed by atoms with Gasteiger partial charge in [-0.15, -0.1) is 0 Å². The number of anilines is 1. The third-order valence-corrected chi connectivity index (χ3v) is 4.27. The van der Waals surface area contributed by atoms with Gasteiger partial charge in [-0.3, -0.25) is 14.5 Å². The zero-order chi connectivity index (χ0) is 20.4. The summed E-state index contributed by atoms with van der Waals surface area (Å²) in [5, 5.41) is 6.33. The average molecular weight is 404 g/mol. The van der Waals surface area contributed by atoms with Crippen LogP contribution in [0.5, 0.6) is 5.75 Å². The molecule has 6 nitrogen and oxygen atoms in total. The van der Waals surface area contributed by atoms with E-state index in [-0.39, 0.29) is 24.9 Å². The van der Waals surface area contributed by atoms with Gasteiger partial charge in [-0.05, 0) is 42.8 Å². The minimum absolute atomic E-state index is 0.122. The lowest BCUT2D eigenvalue weighted by molar-refractivity contribution is -0.123. The number of nitrogens with one attached hydrogen (secondary N) is 2. The Morgan fingerprint density at radius 2 is 1.82 bits per heavy atom. The summed E-state index contributed by atoms with van der Waals surface area (Å²) < 4.78 is 5.24. The molecule has 0 saturated heterocycles. The molecule has 0 radical (unpaired) electrons. The van der Waals surface area contributed by atoms with Gasteiger partial charge < -0.3 is 15.4 Å². The standard InChI is InChI=1S/C21H26ClN3O3/c1-3-11-25(14-20(26)23-13-16-7-6-8-17(22)12-16)15-21(27)24-18-9-4-5-10-19(18)28-2/h4-10,12H,3,11,13-15H2,1-2H3,(H,23,26)(H,24,27). The second kappa shape index (κ2) is 11.3. The predicted octanol–water partition coefficient (Wildman–Crippen LogP) is 3.32. The lowest BCUT2D eigenvalue weighted by Gasteiger charge is -2.21. The summed E-state index contributed by atoms with van der Waals surface area (Å²) in [6, 6.07) is 14.6. The topological polar surface area (TPSA) is 70.7 Å². The molecule has 2 amide bonds. The van der Waals surface area contributed by atoms with Crippen molar-refractivity contribution in [1.82, 2.24) is 10.2 Å². The highest BCUT2D eigenvalue weighted by Crippen LogP contribution is 2.22. The molecule has 2 aromatic rings. The van der Waals surface area contributed by atoms with Crippen LogP contribution in [0.4, 0.5) is 5.69 Å². The third kappa shape index (κ3) is 7.21. The monoisotopic (exact) mass is 403 g/mol. The maximum absolute atomic E-state index is 12.4. The van der Waals surface area contributed by atoms with E-state index in [1.54, 1.807) is 25.3 Å². The van der Waals surface area contributed by atoms with E-state index in [1.165, 1.54) is 0 Å². The Balaban J connectivity index is 1.87. The number of rotatable bonds is 10. The summed E-state index contributed by atoms with van der Waals surface area (Å²) in [7, 11) is 1.55. The number of nitrogens with zero attached hydrogens (tertiary/aromatic N) is 1. The molecule has 28 heavy (non-hydrogen) atoms. The van der Waals surface area contributed by atoms with Gasteiger partial charge in [0.25, 0.3) is 0 Å². The number of ether oxygens (including phenoxy) is 1. The number of para-hydroxylation sites is 2. The fourth-order valence-corrected chi connectivity index (χ4v) is 2.99. The largest absolute Gasteiger partial charge is 0.495 e. The highest BCUT2D eigenvalue weighted by atomic mass is 35.5. The highest BCUT2D eigenvalue weighted by Gasteiger charge is 2.15. The number of hydrogen-bond donors (Lipinski definition) is 2. The number of carbonyl (C=O) groups is 2. The van der Waals surface area contributed by atoms with Crippen LogP contribution >= 0.6 is 11.6 Å². The first kappa shape index (κ1) is 21.7. The maximum atomic E-state index is 12.4. The lowest BCUT2D eigenvalue weighted by atomic mass is 10.2. The van der Waals surface area contributed by atoms with Crippen molar-refractivity contribution in [3.05, 3.63) is 59.1 Å². The molecule has 0 spiro atoms. The van der Waals surface area contributed by atoms with Gasteiger partial charge in [-0.1, -0.05) is 42.8 Å². The Labute approximate surface area is 170 Å². The number of amides is 2. The Morgan fingerprint density at radius 1 is 1.07 bits per heavy atom. The van der Waals surface area contributed by atoms with Crippen molar-refractivity contribution in [2.24, 2.45) is 0 Å². The zero-order valence-corrected chi connectivity index (χ0v) is 17.0. The van der Waals surface area contributed by atoms with E-state index in [4.69, 9.17) is 16.3 Å². The molecule has 0 unspecified atom stereocenters. The average Bonchev–Trinajstić information content (AvgIpc) is 2.67. The second-order valence-corrected chi connectivity index (χ2v) is 6.80. The molecule has 0 atom stereocenters. The summed E-state index contributed by atoms with van der Waals surface area (Å²) in [4.78, 5) is 26.5. The minimum atomic E-state index is -0.194. The van der Waals surface area contributed by atoms with Crippen LogP contribution in [-0.2, 0) is 16.1 Å². The van der Waals surface area contributed by atoms with Gasteiger partial charge in [0.2, 0.25) is 11.8 Å². The van der Waals surface area contributed by atoms with Crippen LogP contribution in [-0.4, -0.2) is 43.5 Å². The van der Waals surface area contributed by atoms with Crippen molar-refractivity contribution < 1.29 is 14.3 Å². The van der Waals surface area contributed by atoms with Crippen LogP contribution in [0.2, 0.25) is 5.02 Å². The molecule has 0 aliphatic heterocycles. The summed E-state index contributed by atoms with van der Waals surface area (Å²) in [6.45, 7) is 3.32. The molecule has 0 aliphatic carbocycles. The van der Waals surface area contributed by atoms with Gasteiger partial charge in [0.15, 0.2) is 0 Å². The van der Waals surface area contributed by atoms with E-state index in [2.05, 4.69) is 10.6 Å². The van der Waals surface area contributed by atoms with Gasteiger partial charge in [0.05, 0.1) is 25.9 Å². The molecule has 0 saturated carbocycles. The van der Waals surface area contributed by atoms with E-state index < -0.39 is 0 Å². The Kier molecular flexibility index (Phi) is 8.78. The molecule has 0 aliphatic rings. The highest BCUT2D eigenvalue weighted by molar-refractivity contribution is 6.30. The number of benzene rings is 2. The molecule has 0 fully saturated rings. The van der Waals surface area contributed by atoms with Crippen molar-refractivity contribution in [1.29, 1.82) is 0 Å². The summed E-state index contributed by atoms with van der Waals surface area (Å²) in [5.41, 5.74) is 1.54. The second-order valence-electron chi connectivity index (χ2n) is 6.37. The van der Waals surface area contributed by atoms with Crippen LogP contribution in [0.15, 0.2) is 48.5 Å². The SMILES string of the molecule is CCCN(CC(=O)NCc1cccc(Cl)c1)CC(=O)Nc1ccccc1OC. The molecule has 0 aromatic heterocycles. The summed E-state index contributed by atoms with van der Waals surface area (Å²) >= 11 is 5.96. The molecular weight excluding hydrogens is 378 g/mol.